The topological polar surface area (TPSA) is 19.0 Å². The van der Waals surface area contributed by atoms with Crippen molar-refractivity contribution in [1.82, 2.24) is 14.3 Å². The van der Waals surface area contributed by atoms with Crippen LogP contribution in [0.15, 0.2) is 0 Å². The normalized spacial score (nSPS) is 19.9. The number of piperidine rings is 1. The molecule has 0 saturated carbocycles. The van der Waals surface area contributed by atoms with Gasteiger partial charge in [0.25, 0.3) is 0 Å². The predicted molar refractivity (Wildman–Crippen MR) is 69.9 cm³/mol. The molecular weight excluding hydrogens is 222 g/mol. The number of rotatable bonds is 6. The highest BCUT2D eigenvalue weighted by Gasteiger charge is 2.23. The number of likely N-dealkylation sites (tertiary alicyclic amines) is 1. The Hall–Kier alpha value is 0.190. The summed E-state index contributed by atoms with van der Waals surface area (Å²) in [4.78, 5) is 2.39. The first-order chi connectivity index (χ1) is 7.65. The van der Waals surface area contributed by atoms with Crippen molar-refractivity contribution in [2.75, 3.05) is 40.8 Å². The molecule has 1 rings (SSSR count). The Morgan fingerprint density at radius 3 is 2.50 bits per heavy atom. The van der Waals surface area contributed by atoms with Crippen LogP contribution < -0.4 is 0 Å². The van der Waals surface area contributed by atoms with Crippen LogP contribution in [-0.2, 0) is 4.18 Å². The van der Waals surface area contributed by atoms with E-state index in [0.717, 1.165) is 13.0 Å². The molecule has 1 heterocycles. The third-order valence-electron chi connectivity index (χ3n) is 3.11. The minimum Gasteiger partial charge on any atom is -0.306 e. The lowest BCUT2D eigenvalue weighted by molar-refractivity contribution is 0.0336. The van der Waals surface area contributed by atoms with Crippen LogP contribution in [0, 0.1) is 0 Å². The van der Waals surface area contributed by atoms with E-state index in [-0.39, 0.29) is 0 Å². The Bertz CT molecular complexity index is 186. The summed E-state index contributed by atoms with van der Waals surface area (Å²) in [5, 5.41) is 2.30. The summed E-state index contributed by atoms with van der Waals surface area (Å²) >= 11 is 1.45. The van der Waals surface area contributed by atoms with Gasteiger partial charge < -0.3 is 9.08 Å². The van der Waals surface area contributed by atoms with Crippen molar-refractivity contribution >= 4 is 12.2 Å². The molecule has 4 nitrogen and oxygen atoms in total. The molecule has 96 valence electrons. The van der Waals surface area contributed by atoms with E-state index in [4.69, 9.17) is 4.18 Å². The summed E-state index contributed by atoms with van der Waals surface area (Å²) in [5.41, 5.74) is 0. The first-order valence-electron chi connectivity index (χ1n) is 6.09. The Kier molecular flexibility index (Phi) is 6.68. The minimum atomic E-state index is 0.652. The highest BCUT2D eigenvalue weighted by Crippen LogP contribution is 2.20. The molecule has 0 atom stereocenters. The van der Waals surface area contributed by atoms with Crippen molar-refractivity contribution in [1.29, 1.82) is 0 Å². The zero-order valence-electron chi connectivity index (χ0n) is 11.0. The molecule has 0 aromatic carbocycles. The number of hydrazine groups is 1. The van der Waals surface area contributed by atoms with Gasteiger partial charge in [-0.05, 0) is 39.4 Å². The van der Waals surface area contributed by atoms with Crippen LogP contribution in [0.2, 0.25) is 0 Å². The van der Waals surface area contributed by atoms with Crippen molar-refractivity contribution in [2.24, 2.45) is 0 Å². The van der Waals surface area contributed by atoms with E-state index in [1.165, 1.54) is 38.2 Å². The molecule has 1 saturated heterocycles. The van der Waals surface area contributed by atoms with E-state index >= 15 is 0 Å². The highest BCUT2D eigenvalue weighted by molar-refractivity contribution is 7.92. The van der Waals surface area contributed by atoms with Gasteiger partial charge >= 0.3 is 0 Å². The molecule has 0 aliphatic carbocycles. The average molecular weight is 247 g/mol. The van der Waals surface area contributed by atoms with Crippen molar-refractivity contribution in [3.63, 3.8) is 0 Å². The van der Waals surface area contributed by atoms with Gasteiger partial charge in [-0.15, -0.1) is 0 Å². The molecule has 0 unspecified atom stereocenters. The van der Waals surface area contributed by atoms with E-state index in [0.29, 0.717) is 6.04 Å². The van der Waals surface area contributed by atoms with E-state index < -0.39 is 0 Å². The Labute approximate surface area is 104 Å². The maximum Gasteiger partial charge on any atom is 0.0973 e. The third-order valence-corrected chi connectivity index (χ3v) is 3.85. The van der Waals surface area contributed by atoms with Crippen LogP contribution in [0.1, 0.15) is 26.2 Å². The molecule has 5 heteroatoms. The first-order valence-corrected chi connectivity index (χ1v) is 6.79. The van der Waals surface area contributed by atoms with Gasteiger partial charge in [-0.25, -0.2) is 5.01 Å². The molecule has 0 spiro atoms. The van der Waals surface area contributed by atoms with E-state index in [2.05, 4.69) is 42.4 Å². The van der Waals surface area contributed by atoms with Gasteiger partial charge in [0.05, 0.1) is 18.8 Å². The lowest BCUT2D eigenvalue weighted by Gasteiger charge is -2.38. The average Bonchev–Trinajstić information content (AvgIpc) is 2.29. The maximum absolute atomic E-state index is 5.47. The SMILES string of the molecule is CCCOSN(C)N(C)C1CCN(C)CC1. The van der Waals surface area contributed by atoms with Crippen molar-refractivity contribution in [3.05, 3.63) is 0 Å². The van der Waals surface area contributed by atoms with Crippen LogP contribution in [-0.4, -0.2) is 61.2 Å². The molecule has 1 aliphatic rings. The molecule has 16 heavy (non-hydrogen) atoms. The lowest BCUT2D eigenvalue weighted by atomic mass is 10.1. The number of nitrogens with zero attached hydrogens (tertiary/aromatic N) is 3. The van der Waals surface area contributed by atoms with Gasteiger partial charge in [-0.2, -0.15) is 4.41 Å². The van der Waals surface area contributed by atoms with Crippen LogP contribution in [0.3, 0.4) is 0 Å². The summed E-state index contributed by atoms with van der Waals surface area (Å²) in [6, 6.07) is 0.652. The third kappa shape index (κ3) is 4.59. The number of hydrogen-bond acceptors (Lipinski definition) is 5. The largest absolute Gasteiger partial charge is 0.306 e. The molecule has 0 N–H and O–H groups in total. The summed E-state index contributed by atoms with van der Waals surface area (Å²) in [5.74, 6) is 0. The van der Waals surface area contributed by atoms with Crippen LogP contribution in [0.4, 0.5) is 0 Å². The lowest BCUT2D eigenvalue weighted by Crippen LogP contribution is -2.46. The molecule has 1 aliphatic heterocycles. The van der Waals surface area contributed by atoms with E-state index in [9.17, 15) is 0 Å². The first kappa shape index (κ1) is 14.3. The molecular formula is C11H25N3OS. The summed E-state index contributed by atoms with van der Waals surface area (Å²) in [6.07, 6.45) is 3.55. The zero-order valence-corrected chi connectivity index (χ0v) is 11.8. The predicted octanol–water partition coefficient (Wildman–Crippen LogP) is 1.85. The minimum absolute atomic E-state index is 0.652. The summed E-state index contributed by atoms with van der Waals surface area (Å²) in [6.45, 7) is 5.34. The van der Waals surface area contributed by atoms with Gasteiger partial charge in [0, 0.05) is 20.1 Å². The van der Waals surface area contributed by atoms with Crippen LogP contribution in [0.5, 0.6) is 0 Å². The Balaban J connectivity index is 2.24. The molecule has 0 bridgehead atoms. The fraction of sp³-hybridized carbons (Fsp3) is 1.00. The Morgan fingerprint density at radius 2 is 1.94 bits per heavy atom. The number of hydrogen-bond donors (Lipinski definition) is 0. The van der Waals surface area contributed by atoms with Crippen molar-refractivity contribution in [2.45, 2.75) is 32.2 Å². The second kappa shape index (κ2) is 7.50. The van der Waals surface area contributed by atoms with Gasteiger partial charge in [0.15, 0.2) is 0 Å². The standard InChI is InChI=1S/C11H25N3OS/c1-5-10-15-16-14(4)13(3)11-6-8-12(2)9-7-11/h11H,5-10H2,1-4H3. The fourth-order valence-electron chi connectivity index (χ4n) is 1.85. The van der Waals surface area contributed by atoms with Gasteiger partial charge in [0.2, 0.25) is 0 Å². The Morgan fingerprint density at radius 1 is 1.31 bits per heavy atom. The van der Waals surface area contributed by atoms with Crippen LogP contribution in [0.25, 0.3) is 0 Å². The van der Waals surface area contributed by atoms with Gasteiger partial charge in [-0.1, -0.05) is 6.92 Å². The quantitative estimate of drug-likeness (QED) is 0.308. The molecule has 0 amide bonds. The van der Waals surface area contributed by atoms with Crippen molar-refractivity contribution in [3.8, 4) is 0 Å². The summed E-state index contributed by atoms with van der Waals surface area (Å²) in [7, 11) is 6.41. The summed E-state index contributed by atoms with van der Waals surface area (Å²) < 4.78 is 7.57. The fourth-order valence-corrected chi connectivity index (χ4v) is 2.48. The second-order valence-corrected chi connectivity index (χ2v) is 5.38. The maximum atomic E-state index is 5.47. The smallest absolute Gasteiger partial charge is 0.0973 e. The monoisotopic (exact) mass is 247 g/mol. The van der Waals surface area contributed by atoms with Crippen LogP contribution >= 0.6 is 12.2 Å². The zero-order chi connectivity index (χ0) is 12.0. The molecule has 0 radical (unpaired) electrons. The molecule has 1 fully saturated rings. The van der Waals surface area contributed by atoms with Gasteiger partial charge in [-0.3, -0.25) is 0 Å². The highest BCUT2D eigenvalue weighted by atomic mass is 32.2. The molecule has 0 aromatic heterocycles. The van der Waals surface area contributed by atoms with E-state index in [1.807, 2.05) is 0 Å². The van der Waals surface area contributed by atoms with E-state index in [1.54, 1.807) is 0 Å². The molecule has 0 aromatic rings. The van der Waals surface area contributed by atoms with Crippen molar-refractivity contribution < 1.29 is 4.18 Å². The van der Waals surface area contributed by atoms with Gasteiger partial charge in [0.1, 0.15) is 0 Å². The second-order valence-electron chi connectivity index (χ2n) is 4.47.